The summed E-state index contributed by atoms with van der Waals surface area (Å²) < 4.78 is 0. The maximum atomic E-state index is 5.09. The van der Waals surface area contributed by atoms with E-state index in [1.807, 2.05) is 0 Å². The SMILES string of the molecule is Cc1cccc2c1C(CON)CN2. The summed E-state index contributed by atoms with van der Waals surface area (Å²) in [7, 11) is 0. The standard InChI is InChI=1S/C10H14N2O/c1-7-3-2-4-9-10(7)8(5-12-9)6-13-11/h2-4,8,12H,5-6,11H2,1H3. The van der Waals surface area contributed by atoms with Crippen molar-refractivity contribution in [2.45, 2.75) is 12.8 Å². The molecule has 2 rings (SSSR count). The number of anilines is 1. The Labute approximate surface area is 77.8 Å². The van der Waals surface area contributed by atoms with Gasteiger partial charge in [0.1, 0.15) is 0 Å². The van der Waals surface area contributed by atoms with Gasteiger partial charge in [-0.3, -0.25) is 0 Å². The van der Waals surface area contributed by atoms with E-state index >= 15 is 0 Å². The molecule has 13 heavy (non-hydrogen) atoms. The smallest absolute Gasteiger partial charge is 0.0765 e. The van der Waals surface area contributed by atoms with Crippen molar-refractivity contribution in [3.05, 3.63) is 29.3 Å². The van der Waals surface area contributed by atoms with Crippen LogP contribution in [0.3, 0.4) is 0 Å². The second-order valence-electron chi connectivity index (χ2n) is 3.45. The molecule has 1 atom stereocenters. The minimum absolute atomic E-state index is 0.404. The maximum Gasteiger partial charge on any atom is 0.0765 e. The zero-order valence-electron chi connectivity index (χ0n) is 7.71. The highest BCUT2D eigenvalue weighted by Crippen LogP contribution is 2.33. The second kappa shape index (κ2) is 3.36. The van der Waals surface area contributed by atoms with Crippen molar-refractivity contribution in [1.82, 2.24) is 0 Å². The summed E-state index contributed by atoms with van der Waals surface area (Å²) >= 11 is 0. The Morgan fingerprint density at radius 1 is 1.62 bits per heavy atom. The summed E-state index contributed by atoms with van der Waals surface area (Å²) in [5, 5.41) is 3.34. The first-order valence-corrected chi connectivity index (χ1v) is 4.48. The molecule has 3 heteroatoms. The molecule has 0 saturated heterocycles. The van der Waals surface area contributed by atoms with Crippen LogP contribution in [0.2, 0.25) is 0 Å². The van der Waals surface area contributed by atoms with Crippen molar-refractivity contribution < 1.29 is 4.84 Å². The number of hydrogen-bond donors (Lipinski definition) is 2. The van der Waals surface area contributed by atoms with E-state index < -0.39 is 0 Å². The van der Waals surface area contributed by atoms with E-state index in [2.05, 4.69) is 30.4 Å². The van der Waals surface area contributed by atoms with Crippen molar-refractivity contribution in [2.24, 2.45) is 5.90 Å². The van der Waals surface area contributed by atoms with Crippen molar-refractivity contribution in [3.63, 3.8) is 0 Å². The minimum Gasteiger partial charge on any atom is -0.384 e. The molecule has 0 radical (unpaired) electrons. The largest absolute Gasteiger partial charge is 0.384 e. The Kier molecular flexibility index (Phi) is 2.20. The van der Waals surface area contributed by atoms with Crippen LogP contribution in [-0.2, 0) is 4.84 Å². The van der Waals surface area contributed by atoms with Crippen molar-refractivity contribution in [1.29, 1.82) is 0 Å². The topological polar surface area (TPSA) is 47.3 Å². The average Bonchev–Trinajstić information content (AvgIpc) is 2.51. The minimum atomic E-state index is 0.404. The lowest BCUT2D eigenvalue weighted by Gasteiger charge is -2.10. The second-order valence-corrected chi connectivity index (χ2v) is 3.45. The maximum absolute atomic E-state index is 5.09. The molecule has 70 valence electrons. The van der Waals surface area contributed by atoms with Crippen molar-refractivity contribution >= 4 is 5.69 Å². The van der Waals surface area contributed by atoms with Gasteiger partial charge in [0.15, 0.2) is 0 Å². The normalized spacial score (nSPS) is 19.7. The summed E-state index contributed by atoms with van der Waals surface area (Å²) in [5.74, 6) is 5.49. The van der Waals surface area contributed by atoms with Gasteiger partial charge in [0.25, 0.3) is 0 Å². The molecule has 1 aromatic carbocycles. The van der Waals surface area contributed by atoms with Gasteiger partial charge in [-0.1, -0.05) is 12.1 Å². The summed E-state index contributed by atoms with van der Waals surface area (Å²) in [6.45, 7) is 3.64. The highest BCUT2D eigenvalue weighted by atomic mass is 16.6. The van der Waals surface area contributed by atoms with Crippen LogP contribution < -0.4 is 11.2 Å². The number of benzene rings is 1. The molecule has 0 aromatic heterocycles. The van der Waals surface area contributed by atoms with E-state index in [9.17, 15) is 0 Å². The van der Waals surface area contributed by atoms with E-state index in [-0.39, 0.29) is 0 Å². The first-order chi connectivity index (χ1) is 6.33. The molecule has 0 amide bonds. The van der Waals surface area contributed by atoms with E-state index in [0.29, 0.717) is 12.5 Å². The average molecular weight is 178 g/mol. The van der Waals surface area contributed by atoms with Gasteiger partial charge in [-0.05, 0) is 24.1 Å². The van der Waals surface area contributed by atoms with Gasteiger partial charge in [0.2, 0.25) is 0 Å². The third-order valence-electron chi connectivity index (χ3n) is 2.57. The summed E-state index contributed by atoms with van der Waals surface area (Å²) in [6, 6.07) is 6.28. The number of rotatable bonds is 2. The number of hydrogen-bond acceptors (Lipinski definition) is 3. The fraction of sp³-hybridized carbons (Fsp3) is 0.400. The van der Waals surface area contributed by atoms with Gasteiger partial charge in [0, 0.05) is 18.2 Å². The third-order valence-corrected chi connectivity index (χ3v) is 2.57. The van der Waals surface area contributed by atoms with Crippen LogP contribution in [0.15, 0.2) is 18.2 Å². The summed E-state index contributed by atoms with van der Waals surface area (Å²) in [4.78, 5) is 4.70. The van der Waals surface area contributed by atoms with Gasteiger partial charge in [0.05, 0.1) is 6.61 Å². The zero-order valence-corrected chi connectivity index (χ0v) is 7.71. The molecule has 1 aliphatic heterocycles. The Hall–Kier alpha value is -1.06. The van der Waals surface area contributed by atoms with Crippen LogP contribution >= 0.6 is 0 Å². The van der Waals surface area contributed by atoms with E-state index in [1.54, 1.807) is 0 Å². The molecule has 0 bridgehead atoms. The number of nitrogens with one attached hydrogen (secondary N) is 1. The van der Waals surface area contributed by atoms with Gasteiger partial charge in [-0.25, -0.2) is 5.90 Å². The lowest BCUT2D eigenvalue weighted by atomic mass is 9.97. The number of fused-ring (bicyclic) bond motifs is 1. The molecule has 3 nitrogen and oxygen atoms in total. The van der Waals surface area contributed by atoms with Crippen LogP contribution in [0.5, 0.6) is 0 Å². The van der Waals surface area contributed by atoms with E-state index in [4.69, 9.17) is 10.7 Å². The predicted molar refractivity (Wildman–Crippen MR) is 52.5 cm³/mol. The first-order valence-electron chi connectivity index (χ1n) is 4.48. The molecule has 0 spiro atoms. The highest BCUT2D eigenvalue weighted by Gasteiger charge is 2.23. The van der Waals surface area contributed by atoms with Crippen LogP contribution in [0.25, 0.3) is 0 Å². The molecular weight excluding hydrogens is 164 g/mol. The van der Waals surface area contributed by atoms with E-state index in [0.717, 1.165) is 6.54 Å². The van der Waals surface area contributed by atoms with E-state index in [1.165, 1.54) is 16.8 Å². The lowest BCUT2D eigenvalue weighted by Crippen LogP contribution is -2.13. The predicted octanol–water partition coefficient (Wildman–Crippen LogP) is 1.39. The Balaban J connectivity index is 2.34. The molecule has 1 aromatic rings. The Morgan fingerprint density at radius 3 is 3.23 bits per heavy atom. The van der Waals surface area contributed by atoms with Crippen molar-refractivity contribution in [2.75, 3.05) is 18.5 Å². The highest BCUT2D eigenvalue weighted by molar-refractivity contribution is 5.60. The van der Waals surface area contributed by atoms with Crippen LogP contribution in [0.4, 0.5) is 5.69 Å². The Bertz CT molecular complexity index is 310. The third kappa shape index (κ3) is 1.41. The Morgan fingerprint density at radius 2 is 2.46 bits per heavy atom. The van der Waals surface area contributed by atoms with Crippen LogP contribution in [0, 0.1) is 6.92 Å². The molecule has 0 fully saturated rings. The summed E-state index contributed by atoms with van der Waals surface area (Å²) in [6.07, 6.45) is 0. The first kappa shape index (κ1) is 8.53. The fourth-order valence-electron chi connectivity index (χ4n) is 1.97. The van der Waals surface area contributed by atoms with Gasteiger partial charge in [-0.15, -0.1) is 0 Å². The van der Waals surface area contributed by atoms with Gasteiger partial charge >= 0.3 is 0 Å². The van der Waals surface area contributed by atoms with Crippen LogP contribution in [0.1, 0.15) is 17.0 Å². The summed E-state index contributed by atoms with van der Waals surface area (Å²) in [5.41, 5.74) is 3.89. The molecule has 1 unspecified atom stereocenters. The van der Waals surface area contributed by atoms with Gasteiger partial charge in [-0.2, -0.15) is 0 Å². The van der Waals surface area contributed by atoms with Gasteiger partial charge < -0.3 is 10.2 Å². The quantitative estimate of drug-likeness (QED) is 0.673. The van der Waals surface area contributed by atoms with Crippen LogP contribution in [-0.4, -0.2) is 13.2 Å². The molecule has 0 saturated carbocycles. The molecular formula is C10H14N2O. The monoisotopic (exact) mass is 178 g/mol. The molecule has 1 aliphatic rings. The number of aryl methyl sites for hydroxylation is 1. The number of nitrogens with two attached hydrogens (primary N) is 1. The molecule has 0 aliphatic carbocycles. The van der Waals surface area contributed by atoms with Crippen molar-refractivity contribution in [3.8, 4) is 0 Å². The molecule has 1 heterocycles. The molecule has 3 N–H and O–H groups in total. The fourth-order valence-corrected chi connectivity index (χ4v) is 1.97. The zero-order chi connectivity index (χ0) is 9.26. The lowest BCUT2D eigenvalue weighted by molar-refractivity contribution is 0.126.